The molecule has 0 bridgehead atoms. The van der Waals surface area contributed by atoms with E-state index >= 15 is 0 Å². The fourth-order valence-corrected chi connectivity index (χ4v) is 1.70. The van der Waals surface area contributed by atoms with E-state index in [1.807, 2.05) is 24.3 Å². The lowest BCUT2D eigenvalue weighted by molar-refractivity contribution is 0.364. The number of hydrogen-bond donors (Lipinski definition) is 1. The Hall–Kier alpha value is -2.54. The number of hydrogen-bond acceptors (Lipinski definition) is 3. The van der Waals surface area contributed by atoms with E-state index in [1.165, 1.54) is 12.1 Å². The standard InChI is InChI=1S/C15H13FN2O/c16-13-5-3-6-14(10-13)18-11-12-4-1-2-7-15(12)19-9-8-17/h1-7,10,18H,9,11H2. The lowest BCUT2D eigenvalue weighted by Crippen LogP contribution is -2.03. The molecule has 96 valence electrons. The van der Waals surface area contributed by atoms with Crippen LogP contribution in [0.2, 0.25) is 0 Å². The summed E-state index contributed by atoms with van der Waals surface area (Å²) in [5.74, 6) is 0.381. The fraction of sp³-hybridized carbons (Fsp3) is 0.133. The summed E-state index contributed by atoms with van der Waals surface area (Å²) in [6, 6.07) is 15.6. The van der Waals surface area contributed by atoms with E-state index in [0.717, 1.165) is 5.56 Å². The molecule has 0 saturated carbocycles. The number of nitrogens with zero attached hydrogens (tertiary/aromatic N) is 1. The van der Waals surface area contributed by atoms with E-state index in [-0.39, 0.29) is 12.4 Å². The summed E-state index contributed by atoms with van der Waals surface area (Å²) in [6.07, 6.45) is 0. The molecule has 0 unspecified atom stereocenters. The summed E-state index contributed by atoms with van der Waals surface area (Å²) >= 11 is 0. The largest absolute Gasteiger partial charge is 0.478 e. The van der Waals surface area contributed by atoms with Gasteiger partial charge in [-0.05, 0) is 24.3 Å². The average Bonchev–Trinajstić information content (AvgIpc) is 2.44. The highest BCUT2D eigenvalue weighted by molar-refractivity contribution is 5.45. The Morgan fingerprint density at radius 3 is 2.79 bits per heavy atom. The molecule has 0 saturated heterocycles. The summed E-state index contributed by atoms with van der Waals surface area (Å²) < 4.78 is 18.4. The van der Waals surface area contributed by atoms with E-state index in [2.05, 4.69) is 5.32 Å². The van der Waals surface area contributed by atoms with Crippen LogP contribution in [-0.4, -0.2) is 6.61 Å². The van der Waals surface area contributed by atoms with Crippen molar-refractivity contribution in [3.05, 3.63) is 59.9 Å². The molecule has 2 aromatic carbocycles. The first-order valence-electron chi connectivity index (χ1n) is 5.86. The summed E-state index contributed by atoms with van der Waals surface area (Å²) in [6.45, 7) is 0.516. The zero-order valence-electron chi connectivity index (χ0n) is 10.3. The second-order valence-electron chi connectivity index (χ2n) is 3.92. The van der Waals surface area contributed by atoms with Crippen LogP contribution in [0.3, 0.4) is 0 Å². The van der Waals surface area contributed by atoms with Crippen LogP contribution in [0.5, 0.6) is 5.75 Å². The molecule has 1 N–H and O–H groups in total. The average molecular weight is 256 g/mol. The quantitative estimate of drug-likeness (QED) is 0.892. The van der Waals surface area contributed by atoms with Crippen molar-refractivity contribution in [3.8, 4) is 11.8 Å². The lowest BCUT2D eigenvalue weighted by Gasteiger charge is -2.11. The smallest absolute Gasteiger partial charge is 0.174 e. The summed E-state index contributed by atoms with van der Waals surface area (Å²) in [5.41, 5.74) is 1.62. The van der Waals surface area contributed by atoms with Crippen molar-refractivity contribution in [2.24, 2.45) is 0 Å². The minimum absolute atomic E-state index is 0.0109. The van der Waals surface area contributed by atoms with Gasteiger partial charge in [-0.1, -0.05) is 24.3 Å². The maximum atomic E-state index is 13.0. The topological polar surface area (TPSA) is 45.0 Å². The van der Waals surface area contributed by atoms with Crippen LogP contribution in [0.25, 0.3) is 0 Å². The maximum absolute atomic E-state index is 13.0. The SMILES string of the molecule is N#CCOc1ccccc1CNc1cccc(F)c1. The lowest BCUT2D eigenvalue weighted by atomic mass is 10.2. The minimum atomic E-state index is -0.279. The number of anilines is 1. The number of nitrogens with one attached hydrogen (secondary N) is 1. The third-order valence-corrected chi connectivity index (χ3v) is 2.57. The van der Waals surface area contributed by atoms with Gasteiger partial charge in [0, 0.05) is 17.8 Å². The number of rotatable bonds is 5. The number of nitriles is 1. The molecule has 0 spiro atoms. The van der Waals surface area contributed by atoms with Crippen LogP contribution in [0.4, 0.5) is 10.1 Å². The van der Waals surface area contributed by atoms with Gasteiger partial charge < -0.3 is 10.1 Å². The molecular formula is C15H13FN2O. The van der Waals surface area contributed by atoms with Gasteiger partial charge in [0.2, 0.25) is 0 Å². The zero-order valence-corrected chi connectivity index (χ0v) is 10.3. The predicted molar refractivity (Wildman–Crippen MR) is 71.3 cm³/mol. The van der Waals surface area contributed by atoms with Gasteiger partial charge in [0.15, 0.2) is 6.61 Å². The molecule has 3 nitrogen and oxygen atoms in total. The Morgan fingerprint density at radius 2 is 2.00 bits per heavy atom. The van der Waals surface area contributed by atoms with Crippen molar-refractivity contribution >= 4 is 5.69 Å². The minimum Gasteiger partial charge on any atom is -0.478 e. The molecule has 0 fully saturated rings. The van der Waals surface area contributed by atoms with E-state index in [9.17, 15) is 4.39 Å². The highest BCUT2D eigenvalue weighted by Gasteiger charge is 2.03. The molecule has 0 heterocycles. The van der Waals surface area contributed by atoms with Gasteiger partial charge in [-0.3, -0.25) is 0 Å². The molecule has 0 atom stereocenters. The highest BCUT2D eigenvalue weighted by Crippen LogP contribution is 2.19. The summed E-state index contributed by atoms with van der Waals surface area (Å²) in [7, 11) is 0. The normalized spacial score (nSPS) is 9.68. The number of ether oxygens (including phenoxy) is 1. The van der Waals surface area contributed by atoms with Gasteiger partial charge in [-0.15, -0.1) is 0 Å². The van der Waals surface area contributed by atoms with Crippen LogP contribution < -0.4 is 10.1 Å². The van der Waals surface area contributed by atoms with Gasteiger partial charge in [0.25, 0.3) is 0 Å². The second kappa shape index (κ2) is 6.41. The van der Waals surface area contributed by atoms with Crippen molar-refractivity contribution in [3.63, 3.8) is 0 Å². The van der Waals surface area contributed by atoms with E-state index < -0.39 is 0 Å². The summed E-state index contributed by atoms with van der Waals surface area (Å²) in [5, 5.41) is 11.6. The van der Waals surface area contributed by atoms with Crippen molar-refractivity contribution in [2.45, 2.75) is 6.54 Å². The molecule has 2 rings (SSSR count). The molecule has 4 heteroatoms. The van der Waals surface area contributed by atoms with E-state index in [4.69, 9.17) is 10.00 Å². The third kappa shape index (κ3) is 3.71. The first-order chi connectivity index (χ1) is 9.29. The first kappa shape index (κ1) is 12.9. The van der Waals surface area contributed by atoms with Crippen molar-refractivity contribution < 1.29 is 9.13 Å². The fourth-order valence-electron chi connectivity index (χ4n) is 1.70. The van der Waals surface area contributed by atoms with Crippen LogP contribution in [0.15, 0.2) is 48.5 Å². The molecule has 2 aromatic rings. The Balaban J connectivity index is 2.05. The van der Waals surface area contributed by atoms with Gasteiger partial charge >= 0.3 is 0 Å². The van der Waals surface area contributed by atoms with Crippen LogP contribution >= 0.6 is 0 Å². The first-order valence-corrected chi connectivity index (χ1v) is 5.86. The van der Waals surface area contributed by atoms with Gasteiger partial charge in [0.05, 0.1) is 0 Å². The van der Waals surface area contributed by atoms with Crippen molar-refractivity contribution in [1.82, 2.24) is 0 Å². The van der Waals surface area contributed by atoms with Gasteiger partial charge in [-0.2, -0.15) is 5.26 Å². The third-order valence-electron chi connectivity index (χ3n) is 2.57. The Kier molecular flexibility index (Phi) is 4.35. The Labute approximate surface area is 111 Å². The molecule has 0 aliphatic carbocycles. The van der Waals surface area contributed by atoms with E-state index in [1.54, 1.807) is 18.2 Å². The predicted octanol–water partition coefficient (Wildman–Crippen LogP) is 3.34. The molecule has 0 amide bonds. The Bertz CT molecular complexity index is 593. The monoisotopic (exact) mass is 256 g/mol. The highest BCUT2D eigenvalue weighted by atomic mass is 19.1. The molecule has 0 aromatic heterocycles. The number of halogens is 1. The van der Waals surface area contributed by atoms with Crippen LogP contribution in [-0.2, 0) is 6.54 Å². The second-order valence-corrected chi connectivity index (χ2v) is 3.92. The van der Waals surface area contributed by atoms with Gasteiger partial charge in [0.1, 0.15) is 17.6 Å². The number of benzene rings is 2. The molecule has 0 aliphatic rings. The molecular weight excluding hydrogens is 243 g/mol. The van der Waals surface area contributed by atoms with Crippen LogP contribution in [0.1, 0.15) is 5.56 Å². The number of para-hydroxylation sites is 1. The van der Waals surface area contributed by atoms with Gasteiger partial charge in [-0.25, -0.2) is 4.39 Å². The van der Waals surface area contributed by atoms with Crippen LogP contribution in [0, 0.1) is 17.1 Å². The van der Waals surface area contributed by atoms with Crippen molar-refractivity contribution in [2.75, 3.05) is 11.9 Å². The Morgan fingerprint density at radius 1 is 1.16 bits per heavy atom. The van der Waals surface area contributed by atoms with E-state index in [0.29, 0.717) is 18.0 Å². The molecule has 0 aliphatic heterocycles. The molecule has 19 heavy (non-hydrogen) atoms. The van der Waals surface area contributed by atoms with Crippen molar-refractivity contribution in [1.29, 1.82) is 5.26 Å². The summed E-state index contributed by atoms with van der Waals surface area (Å²) in [4.78, 5) is 0. The molecule has 0 radical (unpaired) electrons. The zero-order chi connectivity index (χ0) is 13.5. The maximum Gasteiger partial charge on any atom is 0.174 e.